The van der Waals surface area contributed by atoms with Crippen LogP contribution in [0.5, 0.6) is 5.88 Å². The minimum absolute atomic E-state index is 0.0171. The summed E-state index contributed by atoms with van der Waals surface area (Å²) >= 11 is 0.843. The van der Waals surface area contributed by atoms with Crippen molar-refractivity contribution in [3.8, 4) is 5.88 Å². The molecule has 2 aromatic heterocycles. The lowest BCUT2D eigenvalue weighted by atomic mass is 9.84. The average molecular weight is 534 g/mol. The molecule has 2 aliphatic rings. The zero-order chi connectivity index (χ0) is 26.5. The van der Waals surface area contributed by atoms with Gasteiger partial charge in [-0.15, -0.1) is 0 Å². The summed E-state index contributed by atoms with van der Waals surface area (Å²) in [5.41, 5.74) is 5.12. The van der Waals surface area contributed by atoms with E-state index in [0.717, 1.165) is 11.8 Å². The maximum atomic E-state index is 15.3. The first-order valence-corrected chi connectivity index (χ1v) is 12.0. The molecule has 14 heteroatoms. The van der Waals surface area contributed by atoms with E-state index >= 15 is 4.39 Å². The molecule has 0 spiro atoms. The molecule has 1 aliphatic carbocycles. The number of benzene rings is 1. The topological polar surface area (TPSA) is 141 Å². The molecule has 194 valence electrons. The molecular weight excluding hydrogens is 511 g/mol. The number of hydrogen-bond donors (Lipinski definition) is 2. The van der Waals surface area contributed by atoms with Crippen LogP contribution in [-0.4, -0.2) is 42.4 Å². The van der Waals surface area contributed by atoms with E-state index in [-0.39, 0.29) is 52.5 Å². The molecule has 3 heterocycles. The Hall–Kier alpha value is -3.68. The first kappa shape index (κ1) is 25.0. The highest BCUT2D eigenvalue weighted by Gasteiger charge is 2.71. The number of rotatable bonds is 7. The zero-order valence-electron chi connectivity index (χ0n) is 20.0. The number of nitrogens with one attached hydrogen (secondary N) is 1. The normalized spacial score (nSPS) is 24.4. The van der Waals surface area contributed by atoms with E-state index < -0.39 is 34.4 Å². The standard InChI is InChI=1S/C23H22F3N7O3S/c1-10-4-12(5-13(18(10)24)22(3)15-6-23(15,20(25)26)37-21(27)32-22)31-19(34)14-7-29-16(8-28-14)35-9-17-30-11(2)33-36-17/h4-5,7-8,15,20H,6,9H2,1-3H3,(H2,27,32)(H,31,34)/t15-,22+,23-/m0/s1. The summed E-state index contributed by atoms with van der Waals surface area (Å²) in [5, 5.41) is 6.29. The van der Waals surface area contributed by atoms with Gasteiger partial charge in [0.1, 0.15) is 11.5 Å². The van der Waals surface area contributed by atoms with E-state index in [9.17, 15) is 13.6 Å². The van der Waals surface area contributed by atoms with Crippen molar-refractivity contribution in [2.24, 2.45) is 16.6 Å². The summed E-state index contributed by atoms with van der Waals surface area (Å²) in [6, 6.07) is 2.84. The lowest BCUT2D eigenvalue weighted by Crippen LogP contribution is -2.39. The van der Waals surface area contributed by atoms with Crippen LogP contribution in [0.2, 0.25) is 0 Å². The summed E-state index contributed by atoms with van der Waals surface area (Å²) in [4.78, 5) is 29.3. The highest BCUT2D eigenvalue weighted by molar-refractivity contribution is 8.15. The second-order valence-electron chi connectivity index (χ2n) is 9.08. The van der Waals surface area contributed by atoms with Crippen LogP contribution < -0.4 is 15.8 Å². The van der Waals surface area contributed by atoms with E-state index in [2.05, 4.69) is 30.4 Å². The number of ether oxygens (including phenoxy) is 1. The first-order chi connectivity index (χ1) is 17.5. The number of fused-ring (bicyclic) bond motifs is 1. The Kier molecular flexibility index (Phi) is 6.09. The maximum absolute atomic E-state index is 15.3. The number of nitrogens with two attached hydrogens (primary N) is 1. The van der Waals surface area contributed by atoms with Gasteiger partial charge in [0.05, 0.1) is 22.7 Å². The monoisotopic (exact) mass is 533 g/mol. The van der Waals surface area contributed by atoms with E-state index in [0.29, 0.717) is 5.82 Å². The van der Waals surface area contributed by atoms with Crippen LogP contribution in [0.3, 0.4) is 0 Å². The predicted octanol–water partition coefficient (Wildman–Crippen LogP) is 3.75. The molecule has 1 fully saturated rings. The molecule has 3 atom stereocenters. The van der Waals surface area contributed by atoms with E-state index in [1.165, 1.54) is 31.5 Å². The molecule has 0 unspecified atom stereocenters. The lowest BCUT2D eigenvalue weighted by Gasteiger charge is -2.34. The van der Waals surface area contributed by atoms with Gasteiger partial charge in [0.25, 0.3) is 18.2 Å². The number of amidine groups is 1. The van der Waals surface area contributed by atoms with Crippen molar-refractivity contribution < 1.29 is 27.2 Å². The van der Waals surface area contributed by atoms with E-state index in [1.54, 1.807) is 13.8 Å². The van der Waals surface area contributed by atoms with Gasteiger partial charge in [-0.25, -0.2) is 23.1 Å². The number of anilines is 1. The van der Waals surface area contributed by atoms with Crippen molar-refractivity contribution in [3.05, 3.63) is 58.9 Å². The Balaban J connectivity index is 1.34. The zero-order valence-corrected chi connectivity index (χ0v) is 20.8. The van der Waals surface area contributed by atoms with Crippen molar-refractivity contribution in [1.29, 1.82) is 0 Å². The Labute approximate surface area is 213 Å². The van der Waals surface area contributed by atoms with Gasteiger partial charge in [-0.1, -0.05) is 16.9 Å². The number of hydrogen-bond acceptors (Lipinski definition) is 10. The molecule has 5 rings (SSSR count). The van der Waals surface area contributed by atoms with E-state index in [1.807, 2.05) is 0 Å². The van der Waals surface area contributed by atoms with Crippen LogP contribution in [0.4, 0.5) is 18.9 Å². The van der Waals surface area contributed by atoms with Crippen molar-refractivity contribution in [3.63, 3.8) is 0 Å². The van der Waals surface area contributed by atoms with Crippen LogP contribution >= 0.6 is 11.8 Å². The first-order valence-electron chi connectivity index (χ1n) is 11.2. The molecule has 3 aromatic rings. The Bertz CT molecular complexity index is 1400. The lowest BCUT2D eigenvalue weighted by molar-refractivity contribution is 0.102. The molecule has 0 saturated heterocycles. The van der Waals surface area contributed by atoms with Gasteiger partial charge in [-0.05, 0) is 44.9 Å². The maximum Gasteiger partial charge on any atom is 0.275 e. The summed E-state index contributed by atoms with van der Waals surface area (Å²) < 4.78 is 52.0. The summed E-state index contributed by atoms with van der Waals surface area (Å²) in [5.74, 6) is -0.935. The predicted molar refractivity (Wildman–Crippen MR) is 128 cm³/mol. The van der Waals surface area contributed by atoms with Crippen molar-refractivity contribution in [1.82, 2.24) is 20.1 Å². The van der Waals surface area contributed by atoms with E-state index in [4.69, 9.17) is 15.0 Å². The fraction of sp³-hybridized carbons (Fsp3) is 0.391. The fourth-order valence-corrected chi connectivity index (χ4v) is 5.89. The van der Waals surface area contributed by atoms with Crippen LogP contribution in [0.25, 0.3) is 0 Å². The van der Waals surface area contributed by atoms with Crippen molar-refractivity contribution in [2.45, 2.75) is 50.5 Å². The highest BCUT2D eigenvalue weighted by Crippen LogP contribution is 2.68. The molecule has 0 bridgehead atoms. The third-order valence-corrected chi connectivity index (χ3v) is 7.78. The number of aromatic nitrogens is 4. The van der Waals surface area contributed by atoms with Gasteiger partial charge in [0.15, 0.2) is 17.6 Å². The number of nitrogens with zero attached hydrogens (tertiary/aromatic N) is 5. The number of carbonyl (C=O) groups is 1. The number of thioether (sulfide) groups is 1. The van der Waals surface area contributed by atoms with Crippen LogP contribution in [-0.2, 0) is 12.1 Å². The summed E-state index contributed by atoms with van der Waals surface area (Å²) in [6.07, 6.45) is -0.00686. The number of halogens is 3. The average Bonchev–Trinajstić information content (AvgIpc) is 3.47. The molecule has 1 aromatic carbocycles. The van der Waals surface area contributed by atoms with Crippen LogP contribution in [0.15, 0.2) is 34.0 Å². The molecule has 3 N–H and O–H groups in total. The van der Waals surface area contributed by atoms with Crippen molar-refractivity contribution >= 4 is 28.5 Å². The van der Waals surface area contributed by atoms with Crippen molar-refractivity contribution in [2.75, 3.05) is 5.32 Å². The second-order valence-corrected chi connectivity index (χ2v) is 10.5. The molecule has 1 amide bonds. The second kappa shape index (κ2) is 9.01. The number of alkyl halides is 2. The van der Waals surface area contributed by atoms with Crippen LogP contribution in [0.1, 0.15) is 46.7 Å². The quantitative estimate of drug-likeness (QED) is 0.464. The molecule has 1 saturated carbocycles. The molecule has 1 aliphatic heterocycles. The largest absolute Gasteiger partial charge is 0.466 e. The number of aliphatic imine (C=N–C) groups is 1. The fourth-order valence-electron chi connectivity index (χ4n) is 4.55. The van der Waals surface area contributed by atoms with Gasteiger partial charge in [0.2, 0.25) is 5.88 Å². The Morgan fingerprint density at radius 1 is 1.32 bits per heavy atom. The molecule has 0 radical (unpaired) electrons. The SMILES string of the molecule is Cc1noc(COc2cnc(C(=O)Nc3cc(C)c(F)c([C@@]4(C)N=C(N)S[C@@]5(C(F)F)C[C@@H]45)c3)cn2)n1. The third-order valence-electron chi connectivity index (χ3n) is 6.47. The van der Waals surface area contributed by atoms with Gasteiger partial charge >= 0.3 is 0 Å². The molecular formula is C23H22F3N7O3S. The van der Waals surface area contributed by atoms with Gasteiger partial charge in [0, 0.05) is 17.2 Å². The highest BCUT2D eigenvalue weighted by atomic mass is 32.2. The summed E-state index contributed by atoms with van der Waals surface area (Å²) in [7, 11) is 0. The number of carbonyl (C=O) groups excluding carboxylic acids is 1. The smallest absolute Gasteiger partial charge is 0.275 e. The molecule has 10 nitrogen and oxygen atoms in total. The number of aryl methyl sites for hydroxylation is 2. The summed E-state index contributed by atoms with van der Waals surface area (Å²) in [6.45, 7) is 4.77. The van der Waals surface area contributed by atoms with Crippen LogP contribution in [0, 0.1) is 25.6 Å². The van der Waals surface area contributed by atoms with Gasteiger partial charge in [-0.3, -0.25) is 9.79 Å². The van der Waals surface area contributed by atoms with Gasteiger partial charge in [-0.2, -0.15) is 4.98 Å². The van der Waals surface area contributed by atoms with Gasteiger partial charge < -0.3 is 20.3 Å². The minimum atomic E-state index is -2.63. The number of amides is 1. The molecule has 37 heavy (non-hydrogen) atoms. The Morgan fingerprint density at radius 3 is 2.76 bits per heavy atom. The minimum Gasteiger partial charge on any atom is -0.466 e. The third kappa shape index (κ3) is 4.49. The Morgan fingerprint density at radius 2 is 2.11 bits per heavy atom.